The molecule has 1 saturated heterocycles. The van der Waals surface area contributed by atoms with Crippen LogP contribution in [0.15, 0.2) is 0 Å². The van der Waals surface area contributed by atoms with Crippen molar-refractivity contribution in [2.24, 2.45) is 5.92 Å². The third-order valence-electron chi connectivity index (χ3n) is 5.32. The topological polar surface area (TPSA) is 252 Å². The number of hydrogen-bond acceptors (Lipinski definition) is 9. The number of hydrogen-bond donors (Lipinski definition) is 8. The number of nitrogens with one attached hydrogen (secondary N) is 6. The van der Waals surface area contributed by atoms with Crippen LogP contribution in [0, 0.1) is 5.92 Å². The Morgan fingerprint density at radius 1 is 0.818 bits per heavy atom. The lowest BCUT2D eigenvalue weighted by Crippen LogP contribution is -2.56. The van der Waals surface area contributed by atoms with Gasteiger partial charge in [-0.05, 0) is 25.7 Å². The summed E-state index contributed by atoms with van der Waals surface area (Å²) in [6.07, 6.45) is -0.128. The van der Waals surface area contributed by atoms with Crippen LogP contribution in [-0.4, -0.2) is 120 Å². The molecule has 1 fully saturated rings. The van der Waals surface area contributed by atoms with Crippen molar-refractivity contribution >= 4 is 47.3 Å². The lowest BCUT2D eigenvalue weighted by atomic mass is 10.1. The summed E-state index contributed by atoms with van der Waals surface area (Å²) in [6.45, 7) is 9.43. The van der Waals surface area contributed by atoms with Crippen LogP contribution in [0.25, 0.3) is 0 Å². The van der Waals surface area contributed by atoms with Crippen molar-refractivity contribution in [3.63, 3.8) is 0 Å². The molecule has 0 spiro atoms. The molecule has 7 amide bonds. The van der Waals surface area contributed by atoms with E-state index in [2.05, 4.69) is 52.7 Å². The van der Waals surface area contributed by atoms with E-state index in [0.717, 1.165) is 5.92 Å². The van der Waals surface area contributed by atoms with Gasteiger partial charge in [-0.1, -0.05) is 27.7 Å². The Labute approximate surface area is 257 Å². The van der Waals surface area contributed by atoms with E-state index in [9.17, 15) is 43.5 Å². The van der Waals surface area contributed by atoms with E-state index in [0.29, 0.717) is 19.4 Å². The summed E-state index contributed by atoms with van der Waals surface area (Å²) in [5.74, 6) is -4.00. The second kappa shape index (κ2) is 23.2. The molecule has 8 N–H and O–H groups in total. The predicted molar refractivity (Wildman–Crippen MR) is 159 cm³/mol. The Morgan fingerprint density at radius 2 is 1.34 bits per heavy atom. The molecule has 3 unspecified atom stereocenters. The van der Waals surface area contributed by atoms with E-state index in [1.54, 1.807) is 6.92 Å². The van der Waals surface area contributed by atoms with Crippen molar-refractivity contribution in [3.05, 3.63) is 0 Å². The van der Waals surface area contributed by atoms with Gasteiger partial charge >= 0.3 is 5.97 Å². The fraction of sp³-hybridized carbons (Fsp3) is 0.704. The number of amides is 7. The molecule has 252 valence electrons. The number of carbonyl (C=O) groups is 8. The highest BCUT2D eigenvalue weighted by Gasteiger charge is 2.34. The lowest BCUT2D eigenvalue weighted by molar-refractivity contribution is -0.139. The highest BCUT2D eigenvalue weighted by Crippen LogP contribution is 2.17. The highest BCUT2D eigenvalue weighted by molar-refractivity contribution is 5.94. The first kappa shape index (κ1) is 41.9. The molecule has 0 saturated carbocycles. The van der Waals surface area contributed by atoms with Gasteiger partial charge < -0.3 is 47.0 Å². The Hall–Kier alpha value is -4.28. The predicted octanol–water partition coefficient (Wildman–Crippen LogP) is -2.78. The van der Waals surface area contributed by atoms with Gasteiger partial charge in [0, 0.05) is 26.9 Å². The van der Waals surface area contributed by atoms with Gasteiger partial charge in [0.1, 0.15) is 12.1 Å². The van der Waals surface area contributed by atoms with E-state index in [4.69, 9.17) is 5.11 Å². The van der Waals surface area contributed by atoms with Crippen LogP contribution in [0.3, 0.4) is 0 Å². The minimum atomic E-state index is -1.41. The summed E-state index contributed by atoms with van der Waals surface area (Å²) in [6, 6.07) is -2.21. The van der Waals surface area contributed by atoms with E-state index in [1.807, 2.05) is 0 Å². The minimum absolute atomic E-state index is 0.222. The average molecular weight is 632 g/mol. The zero-order valence-corrected chi connectivity index (χ0v) is 26.6. The zero-order chi connectivity index (χ0) is 34.4. The number of likely N-dealkylation sites (tertiary alicyclic amines) is 1. The number of carboxylic acids is 1. The van der Waals surface area contributed by atoms with E-state index in [-0.39, 0.29) is 25.4 Å². The van der Waals surface area contributed by atoms with Crippen molar-refractivity contribution in [1.29, 1.82) is 0 Å². The first-order chi connectivity index (χ1) is 20.5. The second-order valence-electron chi connectivity index (χ2n) is 10.3. The van der Waals surface area contributed by atoms with Crippen molar-refractivity contribution in [1.82, 2.24) is 36.8 Å². The molecule has 17 heteroatoms. The Bertz CT molecular complexity index is 985. The molecule has 1 rings (SSSR count). The van der Waals surface area contributed by atoms with Gasteiger partial charge in [0.25, 0.3) is 0 Å². The highest BCUT2D eigenvalue weighted by atomic mass is 16.4. The molecule has 1 aliphatic heterocycles. The first-order valence-electron chi connectivity index (χ1n) is 14.2. The maximum atomic E-state index is 12.5. The molecule has 0 bridgehead atoms. The third kappa shape index (κ3) is 20.6. The Kier molecular flexibility index (Phi) is 22.1. The normalized spacial score (nSPS) is 14.7. The van der Waals surface area contributed by atoms with Gasteiger partial charge in [0.05, 0.1) is 32.3 Å². The third-order valence-corrected chi connectivity index (χ3v) is 5.32. The van der Waals surface area contributed by atoms with E-state index >= 15 is 0 Å². The molecule has 3 atom stereocenters. The van der Waals surface area contributed by atoms with Crippen molar-refractivity contribution < 1.29 is 48.6 Å². The Balaban J connectivity index is 0. The van der Waals surface area contributed by atoms with Gasteiger partial charge in [-0.25, -0.2) is 0 Å². The molecule has 1 heterocycles. The first-order valence-corrected chi connectivity index (χ1v) is 14.2. The summed E-state index contributed by atoms with van der Waals surface area (Å²) in [5, 5.41) is 31.4. The number of aliphatic hydroxyl groups excluding tert-OH is 1. The average Bonchev–Trinajstić information content (AvgIpc) is 3.45. The van der Waals surface area contributed by atoms with E-state index < -0.39 is 72.7 Å². The standard InChI is InChI=1S/C20H33N7O8.C4H10.C3H6O2/c1-11(28)18(20(35)25-8-15(31)23-7-14(30)21-3)26-16(32)9-24-19(34)13-5-4-6-27(13)17(33)10-22-12(2)29;1-4(2)3;1-2-3(4)5/h11,13,18,28H,4-10H2,1-3H3,(H,21,30)(H,22,29)(H,23,31)(H,24,34)(H,25,35)(H,26,32);4H,1-3H3;2H2,1H3,(H,4,5). The summed E-state index contributed by atoms with van der Waals surface area (Å²) >= 11 is 0. The molecule has 44 heavy (non-hydrogen) atoms. The molecule has 17 nitrogen and oxygen atoms in total. The van der Waals surface area contributed by atoms with Gasteiger partial charge in [0.2, 0.25) is 41.4 Å². The fourth-order valence-electron chi connectivity index (χ4n) is 3.16. The van der Waals surface area contributed by atoms with Gasteiger partial charge in [0.15, 0.2) is 0 Å². The number of aliphatic hydroxyl groups is 1. The molecule has 0 aromatic rings. The summed E-state index contributed by atoms with van der Waals surface area (Å²) < 4.78 is 0. The SMILES string of the molecule is CC(C)C.CCC(=O)O.CNC(=O)CNC(=O)CNC(=O)C(NC(=O)CNC(=O)C1CCCN1C(=O)CNC(C)=O)C(C)O. The van der Waals surface area contributed by atoms with Gasteiger partial charge in [-0.3, -0.25) is 38.4 Å². The van der Waals surface area contributed by atoms with Gasteiger partial charge in [-0.2, -0.15) is 0 Å². The monoisotopic (exact) mass is 631 g/mol. The minimum Gasteiger partial charge on any atom is -0.481 e. The summed E-state index contributed by atoms with van der Waals surface area (Å²) in [4.78, 5) is 93.7. The van der Waals surface area contributed by atoms with Crippen LogP contribution in [0.2, 0.25) is 0 Å². The largest absolute Gasteiger partial charge is 0.481 e. The molecule has 0 aromatic heterocycles. The quantitative estimate of drug-likeness (QED) is 0.104. The maximum absolute atomic E-state index is 12.5. The van der Waals surface area contributed by atoms with Crippen LogP contribution < -0.4 is 31.9 Å². The molecule has 1 aliphatic rings. The van der Waals surface area contributed by atoms with Gasteiger partial charge in [-0.15, -0.1) is 0 Å². The van der Waals surface area contributed by atoms with E-state index in [1.165, 1.54) is 25.8 Å². The molecule has 0 aliphatic carbocycles. The number of aliphatic carboxylic acids is 1. The van der Waals surface area contributed by atoms with Crippen LogP contribution in [0.4, 0.5) is 0 Å². The molecular formula is C27H49N7O10. The number of likely N-dealkylation sites (N-methyl/N-ethyl adjacent to an activating group) is 1. The van der Waals surface area contributed by atoms with Crippen molar-refractivity contribution in [3.8, 4) is 0 Å². The second-order valence-corrected chi connectivity index (χ2v) is 10.3. The summed E-state index contributed by atoms with van der Waals surface area (Å²) in [5.41, 5.74) is 0. The smallest absolute Gasteiger partial charge is 0.303 e. The van der Waals surface area contributed by atoms with Crippen LogP contribution >= 0.6 is 0 Å². The molecule has 0 aromatic carbocycles. The number of carbonyl (C=O) groups excluding carboxylic acids is 7. The van der Waals surface area contributed by atoms with Crippen molar-refractivity contribution in [2.45, 2.75) is 79.0 Å². The lowest BCUT2D eigenvalue weighted by Gasteiger charge is -2.24. The van der Waals surface area contributed by atoms with Crippen molar-refractivity contribution in [2.75, 3.05) is 39.8 Å². The molecule has 0 radical (unpaired) electrons. The Morgan fingerprint density at radius 3 is 1.82 bits per heavy atom. The molecular weight excluding hydrogens is 582 g/mol. The summed E-state index contributed by atoms with van der Waals surface area (Å²) in [7, 11) is 1.40. The number of carboxylic acid groups (broad SMARTS) is 1. The van der Waals surface area contributed by atoms with Crippen LogP contribution in [-0.2, 0) is 38.4 Å². The van der Waals surface area contributed by atoms with Crippen LogP contribution in [0.5, 0.6) is 0 Å². The zero-order valence-electron chi connectivity index (χ0n) is 26.6. The fourth-order valence-corrected chi connectivity index (χ4v) is 3.16. The van der Waals surface area contributed by atoms with Crippen LogP contribution in [0.1, 0.15) is 60.8 Å². The maximum Gasteiger partial charge on any atom is 0.303 e. The number of nitrogens with zero attached hydrogens (tertiary/aromatic N) is 1. The number of rotatable bonds is 13.